The minimum absolute atomic E-state index is 0.0266. The molecular weight excluding hydrogens is 420 g/mol. The molecule has 1 aliphatic heterocycles. The molecule has 1 aliphatic rings. The maximum atomic E-state index is 10.0. The summed E-state index contributed by atoms with van der Waals surface area (Å²) in [6.07, 6.45) is 0. The van der Waals surface area contributed by atoms with E-state index in [1.54, 1.807) is 24.3 Å². The standard InChI is InChI=1S/C31H20O3/c32-21-10-14-24-19(16-21)8-12-27-29(26-7-3-5-18-4-1-2-6-23(18)26)28-13-9-20-17-22(33)11-15-25(20)31(28)34-30(24)27/h1-17,29,32-33H. The van der Waals surface area contributed by atoms with Crippen LogP contribution in [-0.4, -0.2) is 10.2 Å². The van der Waals surface area contributed by atoms with Crippen LogP contribution in [0.5, 0.6) is 23.0 Å². The molecule has 0 radical (unpaired) electrons. The zero-order valence-corrected chi connectivity index (χ0v) is 18.2. The average molecular weight is 440 g/mol. The van der Waals surface area contributed by atoms with Crippen LogP contribution in [0.4, 0.5) is 0 Å². The second-order valence-electron chi connectivity index (χ2n) is 8.88. The monoisotopic (exact) mass is 440 g/mol. The molecule has 0 spiro atoms. The molecular formula is C31H20O3. The van der Waals surface area contributed by atoms with Gasteiger partial charge in [0.1, 0.15) is 23.0 Å². The summed E-state index contributed by atoms with van der Waals surface area (Å²) in [6.45, 7) is 0. The van der Waals surface area contributed by atoms with Gasteiger partial charge >= 0.3 is 0 Å². The van der Waals surface area contributed by atoms with Crippen molar-refractivity contribution in [2.24, 2.45) is 0 Å². The molecule has 0 aliphatic carbocycles. The van der Waals surface area contributed by atoms with E-state index in [-0.39, 0.29) is 17.4 Å². The molecule has 0 unspecified atom stereocenters. The van der Waals surface area contributed by atoms with Gasteiger partial charge in [-0.25, -0.2) is 0 Å². The molecule has 0 atom stereocenters. The number of hydrogen-bond acceptors (Lipinski definition) is 3. The molecule has 3 heteroatoms. The largest absolute Gasteiger partial charge is 0.508 e. The Labute approximate surface area is 196 Å². The first kappa shape index (κ1) is 19.0. The summed E-state index contributed by atoms with van der Waals surface area (Å²) in [6, 6.07) is 34.1. The number of ether oxygens (including phenoxy) is 1. The number of aromatic hydroxyl groups is 2. The maximum Gasteiger partial charge on any atom is 0.139 e. The van der Waals surface area contributed by atoms with E-state index < -0.39 is 0 Å². The van der Waals surface area contributed by atoms with Gasteiger partial charge in [-0.1, -0.05) is 66.7 Å². The lowest BCUT2D eigenvalue weighted by Crippen LogP contribution is -2.12. The Morgan fingerprint density at radius 1 is 0.471 bits per heavy atom. The van der Waals surface area contributed by atoms with Crippen molar-refractivity contribution in [2.75, 3.05) is 0 Å². The van der Waals surface area contributed by atoms with Gasteiger partial charge in [-0.3, -0.25) is 0 Å². The fraction of sp³-hybridized carbons (Fsp3) is 0.0323. The summed E-state index contributed by atoms with van der Waals surface area (Å²) in [4.78, 5) is 0. The fourth-order valence-corrected chi connectivity index (χ4v) is 5.40. The van der Waals surface area contributed by atoms with Crippen LogP contribution < -0.4 is 4.74 Å². The van der Waals surface area contributed by atoms with Crippen LogP contribution in [0.2, 0.25) is 0 Å². The Morgan fingerprint density at radius 2 is 1.06 bits per heavy atom. The highest BCUT2D eigenvalue weighted by atomic mass is 16.5. The van der Waals surface area contributed by atoms with E-state index in [2.05, 4.69) is 66.7 Å². The first-order chi connectivity index (χ1) is 16.7. The third-order valence-corrected chi connectivity index (χ3v) is 6.93. The lowest BCUT2D eigenvalue weighted by Gasteiger charge is -2.31. The van der Waals surface area contributed by atoms with Crippen LogP contribution in [0.1, 0.15) is 22.6 Å². The summed E-state index contributed by atoms with van der Waals surface area (Å²) in [5.41, 5.74) is 3.42. The molecule has 2 N–H and O–H groups in total. The first-order valence-corrected chi connectivity index (χ1v) is 11.3. The van der Waals surface area contributed by atoms with Crippen molar-refractivity contribution in [3.8, 4) is 23.0 Å². The molecule has 0 amide bonds. The lowest BCUT2D eigenvalue weighted by atomic mass is 9.79. The van der Waals surface area contributed by atoms with Gasteiger partial charge in [-0.2, -0.15) is 0 Å². The molecule has 6 aromatic rings. The molecule has 0 bridgehead atoms. The quantitative estimate of drug-likeness (QED) is 0.273. The number of phenols is 2. The van der Waals surface area contributed by atoms with Gasteiger partial charge in [0.2, 0.25) is 0 Å². The molecule has 0 fully saturated rings. The minimum atomic E-state index is -0.0266. The molecule has 162 valence electrons. The summed E-state index contributed by atoms with van der Waals surface area (Å²) < 4.78 is 6.68. The van der Waals surface area contributed by atoms with Gasteiger partial charge in [-0.15, -0.1) is 0 Å². The van der Waals surface area contributed by atoms with Gasteiger partial charge in [0.05, 0.1) is 0 Å². The molecule has 1 heterocycles. The van der Waals surface area contributed by atoms with Gasteiger partial charge in [0, 0.05) is 27.8 Å². The van der Waals surface area contributed by atoms with Crippen LogP contribution in [-0.2, 0) is 0 Å². The van der Waals surface area contributed by atoms with E-state index in [0.717, 1.165) is 44.2 Å². The number of hydrogen-bond donors (Lipinski definition) is 2. The summed E-state index contributed by atoms with van der Waals surface area (Å²) in [5, 5.41) is 26.3. The Kier molecular flexibility index (Phi) is 3.91. The SMILES string of the molecule is Oc1ccc2c3c(ccc2c1)C(c1cccc2ccccc12)c1ccc2cc(O)ccc2c1O3. The van der Waals surface area contributed by atoms with Gasteiger partial charge in [0.15, 0.2) is 0 Å². The smallest absolute Gasteiger partial charge is 0.139 e. The molecule has 7 rings (SSSR count). The molecule has 0 saturated carbocycles. The minimum Gasteiger partial charge on any atom is -0.508 e. The van der Waals surface area contributed by atoms with Crippen molar-refractivity contribution >= 4 is 32.3 Å². The second-order valence-corrected chi connectivity index (χ2v) is 8.88. The highest BCUT2D eigenvalue weighted by Crippen LogP contribution is 2.53. The zero-order chi connectivity index (χ0) is 22.8. The van der Waals surface area contributed by atoms with Crippen molar-refractivity contribution in [3.63, 3.8) is 0 Å². The van der Waals surface area contributed by atoms with Crippen LogP contribution in [0.15, 0.2) is 103 Å². The fourth-order valence-electron chi connectivity index (χ4n) is 5.40. The molecule has 3 nitrogen and oxygen atoms in total. The summed E-state index contributed by atoms with van der Waals surface area (Å²) in [5.74, 6) is 2.05. The summed E-state index contributed by atoms with van der Waals surface area (Å²) in [7, 11) is 0. The van der Waals surface area contributed by atoms with Crippen molar-refractivity contribution in [1.82, 2.24) is 0 Å². The Hall–Kier alpha value is -4.50. The van der Waals surface area contributed by atoms with E-state index in [4.69, 9.17) is 4.74 Å². The Bertz CT molecular complexity index is 1670. The van der Waals surface area contributed by atoms with Crippen molar-refractivity contribution in [1.29, 1.82) is 0 Å². The van der Waals surface area contributed by atoms with Crippen molar-refractivity contribution < 1.29 is 14.9 Å². The van der Waals surface area contributed by atoms with Crippen molar-refractivity contribution in [2.45, 2.75) is 5.92 Å². The maximum absolute atomic E-state index is 10.0. The van der Waals surface area contributed by atoms with E-state index in [0.29, 0.717) is 0 Å². The lowest BCUT2D eigenvalue weighted by molar-refractivity contribution is 0.463. The van der Waals surface area contributed by atoms with Gasteiger partial charge < -0.3 is 14.9 Å². The first-order valence-electron chi connectivity index (χ1n) is 11.3. The average Bonchev–Trinajstić information content (AvgIpc) is 2.86. The number of rotatable bonds is 1. The molecule has 0 saturated heterocycles. The topological polar surface area (TPSA) is 49.7 Å². The normalized spacial score (nSPS) is 13.1. The molecule has 0 aromatic heterocycles. The molecule has 6 aromatic carbocycles. The second kappa shape index (κ2) is 7.00. The van der Waals surface area contributed by atoms with E-state index in [1.807, 2.05) is 12.1 Å². The Morgan fingerprint density at radius 3 is 1.71 bits per heavy atom. The number of benzene rings is 6. The predicted octanol–water partition coefficient (Wildman–Crippen LogP) is 7.84. The van der Waals surface area contributed by atoms with E-state index in [9.17, 15) is 10.2 Å². The van der Waals surface area contributed by atoms with E-state index >= 15 is 0 Å². The van der Waals surface area contributed by atoms with Crippen LogP contribution in [0, 0.1) is 0 Å². The number of phenolic OH excluding ortho intramolecular Hbond substituents is 2. The van der Waals surface area contributed by atoms with Crippen LogP contribution in [0.3, 0.4) is 0 Å². The van der Waals surface area contributed by atoms with Gasteiger partial charge in [0.25, 0.3) is 0 Å². The number of fused-ring (bicyclic) bond motifs is 7. The third-order valence-electron chi connectivity index (χ3n) is 6.93. The Balaban J connectivity index is 1.60. The third kappa shape index (κ3) is 2.70. The predicted molar refractivity (Wildman–Crippen MR) is 136 cm³/mol. The van der Waals surface area contributed by atoms with Crippen LogP contribution >= 0.6 is 0 Å². The highest BCUT2D eigenvalue weighted by Gasteiger charge is 2.32. The van der Waals surface area contributed by atoms with E-state index in [1.165, 1.54) is 16.3 Å². The van der Waals surface area contributed by atoms with Gasteiger partial charge in [-0.05, 0) is 63.5 Å². The summed E-state index contributed by atoms with van der Waals surface area (Å²) >= 11 is 0. The highest BCUT2D eigenvalue weighted by molar-refractivity contribution is 5.97. The molecule has 34 heavy (non-hydrogen) atoms. The van der Waals surface area contributed by atoms with Crippen LogP contribution in [0.25, 0.3) is 32.3 Å². The van der Waals surface area contributed by atoms with Crippen molar-refractivity contribution in [3.05, 3.63) is 120 Å². The zero-order valence-electron chi connectivity index (χ0n) is 18.2.